The molecule has 2 N–H and O–H groups in total. The molecule has 0 radical (unpaired) electrons. The van der Waals surface area contributed by atoms with Gasteiger partial charge in [-0.3, -0.25) is 4.90 Å². The van der Waals surface area contributed by atoms with E-state index in [2.05, 4.69) is 0 Å². The minimum atomic E-state index is -1.64. The molecule has 94 valence electrons. The Morgan fingerprint density at radius 1 is 1.31 bits per heavy atom. The van der Waals surface area contributed by atoms with Crippen LogP contribution < -0.4 is 0 Å². The Hall–Kier alpha value is -0.610. The molecule has 0 aromatic carbocycles. The second-order valence-corrected chi connectivity index (χ2v) is 5.14. The number of carboxylic acid groups (broad SMARTS) is 1. The average Bonchev–Trinajstić information content (AvgIpc) is 2.44. The molecular weight excluding hydrogens is 206 g/mol. The highest BCUT2D eigenvalue weighted by atomic mass is 16.4. The molecule has 0 aliphatic heterocycles. The summed E-state index contributed by atoms with van der Waals surface area (Å²) in [6, 6.07) is 0.424. The van der Waals surface area contributed by atoms with Crippen LogP contribution >= 0.6 is 0 Å². The molecule has 0 amide bonds. The third-order valence-electron chi connectivity index (χ3n) is 3.47. The Morgan fingerprint density at radius 2 is 1.81 bits per heavy atom. The minimum absolute atomic E-state index is 0.201. The molecule has 16 heavy (non-hydrogen) atoms. The summed E-state index contributed by atoms with van der Waals surface area (Å²) in [6.07, 6.45) is 7.21. The largest absolute Gasteiger partial charge is 0.479 e. The third kappa shape index (κ3) is 3.76. The highest BCUT2D eigenvalue weighted by molar-refractivity contribution is 5.76. The van der Waals surface area contributed by atoms with Gasteiger partial charge in [-0.25, -0.2) is 4.79 Å². The molecule has 0 heterocycles. The molecule has 0 aromatic rings. The van der Waals surface area contributed by atoms with E-state index < -0.39 is 11.6 Å². The number of carbonyl (C=O) groups is 1. The molecule has 0 aromatic heterocycles. The van der Waals surface area contributed by atoms with E-state index in [1.807, 2.05) is 11.9 Å². The van der Waals surface area contributed by atoms with Crippen molar-refractivity contribution in [2.45, 2.75) is 57.1 Å². The van der Waals surface area contributed by atoms with Crippen molar-refractivity contribution in [2.24, 2.45) is 0 Å². The van der Waals surface area contributed by atoms with Gasteiger partial charge in [0.25, 0.3) is 0 Å². The lowest BCUT2D eigenvalue weighted by atomic mass is 10.0. The zero-order valence-electron chi connectivity index (χ0n) is 10.3. The first-order chi connectivity index (χ1) is 7.43. The number of hydrogen-bond acceptors (Lipinski definition) is 3. The zero-order valence-corrected chi connectivity index (χ0v) is 10.3. The van der Waals surface area contributed by atoms with Crippen LogP contribution in [0.2, 0.25) is 0 Å². The molecule has 0 spiro atoms. The fourth-order valence-corrected chi connectivity index (χ4v) is 2.38. The van der Waals surface area contributed by atoms with Crippen LogP contribution in [0.1, 0.15) is 45.4 Å². The number of aliphatic carboxylic acids is 1. The van der Waals surface area contributed by atoms with Crippen molar-refractivity contribution in [2.75, 3.05) is 13.6 Å². The van der Waals surface area contributed by atoms with E-state index in [9.17, 15) is 9.90 Å². The van der Waals surface area contributed by atoms with Gasteiger partial charge in [-0.2, -0.15) is 0 Å². The standard InChI is InChI=1S/C12H23NO3/c1-12(16,11(14)15)9-13(2)10-7-5-3-4-6-8-10/h10,16H,3-9H2,1-2H3,(H,14,15). The molecule has 1 rings (SSSR count). The predicted molar refractivity (Wildman–Crippen MR) is 62.4 cm³/mol. The van der Waals surface area contributed by atoms with Crippen LogP contribution in [0.25, 0.3) is 0 Å². The minimum Gasteiger partial charge on any atom is -0.479 e. The van der Waals surface area contributed by atoms with Crippen LogP contribution in [-0.4, -0.2) is 46.3 Å². The summed E-state index contributed by atoms with van der Waals surface area (Å²) in [7, 11) is 1.91. The van der Waals surface area contributed by atoms with Crippen LogP contribution in [0.5, 0.6) is 0 Å². The lowest BCUT2D eigenvalue weighted by molar-refractivity contribution is -0.158. The monoisotopic (exact) mass is 229 g/mol. The third-order valence-corrected chi connectivity index (χ3v) is 3.47. The van der Waals surface area contributed by atoms with E-state index in [-0.39, 0.29) is 6.54 Å². The maximum Gasteiger partial charge on any atom is 0.336 e. The van der Waals surface area contributed by atoms with Crippen molar-refractivity contribution in [3.05, 3.63) is 0 Å². The quantitative estimate of drug-likeness (QED) is 0.717. The van der Waals surface area contributed by atoms with Crippen molar-refractivity contribution in [3.63, 3.8) is 0 Å². The van der Waals surface area contributed by atoms with Crippen molar-refractivity contribution in [1.29, 1.82) is 0 Å². The summed E-state index contributed by atoms with van der Waals surface area (Å²) in [5.41, 5.74) is -1.64. The Morgan fingerprint density at radius 3 is 2.25 bits per heavy atom. The van der Waals surface area contributed by atoms with Gasteiger partial charge in [-0.15, -0.1) is 0 Å². The summed E-state index contributed by atoms with van der Waals surface area (Å²) in [4.78, 5) is 12.8. The first-order valence-electron chi connectivity index (χ1n) is 6.09. The molecule has 1 saturated carbocycles. The summed E-state index contributed by atoms with van der Waals surface area (Å²) in [6.45, 7) is 1.57. The summed E-state index contributed by atoms with van der Waals surface area (Å²) in [5.74, 6) is -1.15. The van der Waals surface area contributed by atoms with Crippen molar-refractivity contribution < 1.29 is 15.0 Å². The average molecular weight is 229 g/mol. The van der Waals surface area contributed by atoms with Crippen LogP contribution in [0.15, 0.2) is 0 Å². The molecule has 1 unspecified atom stereocenters. The Labute approximate surface area is 97.3 Å². The number of aliphatic hydroxyl groups is 1. The first kappa shape index (κ1) is 13.5. The molecule has 1 fully saturated rings. The van der Waals surface area contributed by atoms with Gasteiger partial charge in [0.15, 0.2) is 5.60 Å². The normalized spacial score (nSPS) is 22.8. The van der Waals surface area contributed by atoms with Gasteiger partial charge in [-0.1, -0.05) is 25.7 Å². The van der Waals surface area contributed by atoms with E-state index in [4.69, 9.17) is 5.11 Å². The highest BCUT2D eigenvalue weighted by Gasteiger charge is 2.33. The second kappa shape index (κ2) is 5.64. The lowest BCUT2D eigenvalue weighted by Crippen LogP contribution is -2.48. The molecular formula is C12H23NO3. The Bertz CT molecular complexity index is 232. The van der Waals surface area contributed by atoms with E-state index in [1.54, 1.807) is 0 Å². The molecule has 4 nitrogen and oxygen atoms in total. The molecule has 4 heteroatoms. The first-order valence-corrected chi connectivity index (χ1v) is 6.09. The second-order valence-electron chi connectivity index (χ2n) is 5.14. The van der Waals surface area contributed by atoms with Crippen molar-refractivity contribution >= 4 is 5.97 Å². The number of nitrogens with zero attached hydrogens (tertiary/aromatic N) is 1. The van der Waals surface area contributed by atoms with Crippen LogP contribution in [0, 0.1) is 0 Å². The predicted octanol–water partition coefficient (Wildman–Crippen LogP) is 1.48. The van der Waals surface area contributed by atoms with Gasteiger partial charge in [0.2, 0.25) is 0 Å². The van der Waals surface area contributed by atoms with E-state index in [0.29, 0.717) is 6.04 Å². The topological polar surface area (TPSA) is 60.8 Å². The van der Waals surface area contributed by atoms with Gasteiger partial charge in [0, 0.05) is 12.6 Å². The van der Waals surface area contributed by atoms with Gasteiger partial charge in [-0.05, 0) is 26.8 Å². The van der Waals surface area contributed by atoms with Gasteiger partial charge >= 0.3 is 5.97 Å². The molecule has 0 saturated heterocycles. The number of rotatable bonds is 4. The molecule has 0 bridgehead atoms. The summed E-state index contributed by atoms with van der Waals surface area (Å²) >= 11 is 0. The smallest absolute Gasteiger partial charge is 0.336 e. The van der Waals surface area contributed by atoms with Crippen LogP contribution in [-0.2, 0) is 4.79 Å². The number of carboxylic acids is 1. The SMILES string of the molecule is CN(CC(C)(O)C(=O)O)C1CCCCCC1. The Balaban J connectivity index is 2.49. The Kier molecular flexibility index (Phi) is 4.74. The zero-order chi connectivity index (χ0) is 12.2. The summed E-state index contributed by atoms with van der Waals surface area (Å²) < 4.78 is 0. The van der Waals surface area contributed by atoms with E-state index >= 15 is 0 Å². The lowest BCUT2D eigenvalue weighted by Gasteiger charge is -2.31. The fraction of sp³-hybridized carbons (Fsp3) is 0.917. The van der Waals surface area contributed by atoms with E-state index in [1.165, 1.54) is 32.6 Å². The maximum absolute atomic E-state index is 10.8. The molecule has 1 atom stereocenters. The van der Waals surface area contributed by atoms with Crippen molar-refractivity contribution in [1.82, 2.24) is 4.90 Å². The van der Waals surface area contributed by atoms with Gasteiger partial charge in [0.1, 0.15) is 0 Å². The number of hydrogen-bond donors (Lipinski definition) is 2. The van der Waals surface area contributed by atoms with Crippen LogP contribution in [0.4, 0.5) is 0 Å². The van der Waals surface area contributed by atoms with Crippen LogP contribution in [0.3, 0.4) is 0 Å². The fourth-order valence-electron chi connectivity index (χ4n) is 2.38. The van der Waals surface area contributed by atoms with Gasteiger partial charge in [0.05, 0.1) is 0 Å². The highest BCUT2D eigenvalue weighted by Crippen LogP contribution is 2.22. The van der Waals surface area contributed by atoms with Crippen molar-refractivity contribution in [3.8, 4) is 0 Å². The summed E-state index contributed by atoms with van der Waals surface area (Å²) in [5, 5.41) is 18.6. The maximum atomic E-state index is 10.8. The number of likely N-dealkylation sites (N-methyl/N-ethyl adjacent to an activating group) is 1. The molecule has 1 aliphatic rings. The van der Waals surface area contributed by atoms with Gasteiger partial charge < -0.3 is 10.2 Å². The molecule has 1 aliphatic carbocycles. The van der Waals surface area contributed by atoms with E-state index in [0.717, 1.165) is 12.8 Å².